The Balaban J connectivity index is 2.34. The van der Waals surface area contributed by atoms with Gasteiger partial charge in [-0.15, -0.1) is 0 Å². The Kier molecular flexibility index (Phi) is 2.77. The van der Waals surface area contributed by atoms with Crippen LogP contribution in [-0.2, 0) is 0 Å². The molecule has 1 nitrogen and oxygen atoms in total. The predicted octanol–water partition coefficient (Wildman–Crippen LogP) is 1.44. The summed E-state index contributed by atoms with van der Waals surface area (Å²) in [4.78, 5) is 0. The zero-order valence-corrected chi connectivity index (χ0v) is 8.27. The van der Waals surface area contributed by atoms with E-state index in [1.807, 2.05) is 36.4 Å². The molecule has 0 saturated carbocycles. The second-order valence-corrected chi connectivity index (χ2v) is 3.30. The van der Waals surface area contributed by atoms with Gasteiger partial charge < -0.3 is 0 Å². The van der Waals surface area contributed by atoms with Crippen LogP contribution in [0.25, 0.3) is 6.08 Å². The van der Waals surface area contributed by atoms with Crippen molar-refractivity contribution in [2.24, 2.45) is 0 Å². The van der Waals surface area contributed by atoms with Gasteiger partial charge in [-0.2, -0.15) is 0 Å². The molecule has 1 aromatic carbocycles. The van der Waals surface area contributed by atoms with Gasteiger partial charge in [0.2, 0.25) is 0 Å². The van der Waals surface area contributed by atoms with E-state index in [-0.39, 0.29) is 0 Å². The highest BCUT2D eigenvalue weighted by molar-refractivity contribution is 5.51. The second kappa shape index (κ2) is 4.41. The molecule has 0 amide bonds. The summed E-state index contributed by atoms with van der Waals surface area (Å²) in [5.74, 6) is 2.35. The number of allylic oxidation sites excluding steroid dienone is 6. The first-order valence-corrected chi connectivity index (χ1v) is 4.81. The molecule has 1 heteroatoms. The molecule has 0 aliphatic heterocycles. The van der Waals surface area contributed by atoms with Gasteiger partial charge in [0.25, 0.3) is 0 Å². The summed E-state index contributed by atoms with van der Waals surface area (Å²) in [6.07, 6.45) is 12.3. The van der Waals surface area contributed by atoms with Crippen molar-refractivity contribution in [3.8, 4) is 0 Å². The van der Waals surface area contributed by atoms with Crippen LogP contribution in [-0.4, -0.2) is 5.87 Å². The normalized spacial score (nSPS) is 12.7. The highest BCUT2D eigenvalue weighted by atomic mass is 14.3. The lowest BCUT2D eigenvalue weighted by molar-refractivity contribution is 1.52. The Morgan fingerprint density at radius 2 is 1.60 bits per heavy atom. The molecule has 1 aliphatic carbocycles. The minimum absolute atomic E-state index is 0.806. The number of nitrogens with one attached hydrogen (secondary N) is 1. The third-order valence-electron chi connectivity index (χ3n) is 2.21. The third kappa shape index (κ3) is 2.43. The lowest BCUT2D eigenvalue weighted by Gasteiger charge is -1.86. The van der Waals surface area contributed by atoms with E-state index in [9.17, 15) is 0 Å². The molecule has 0 unspecified atom stereocenters. The van der Waals surface area contributed by atoms with E-state index >= 15 is 0 Å². The van der Waals surface area contributed by atoms with Gasteiger partial charge in [0, 0.05) is 5.22 Å². The number of rotatable bonds is 1. The Labute approximate surface area is 88.6 Å². The van der Waals surface area contributed by atoms with Crippen LogP contribution >= 0.6 is 0 Å². The monoisotopic (exact) mass is 193 g/mol. The fourth-order valence-electron chi connectivity index (χ4n) is 1.37. The average molecular weight is 193 g/mol. The fourth-order valence-corrected chi connectivity index (χ4v) is 1.37. The molecule has 0 atom stereocenters. The molecule has 0 fully saturated rings. The van der Waals surface area contributed by atoms with Crippen molar-refractivity contribution in [1.29, 1.82) is 5.41 Å². The Morgan fingerprint density at radius 1 is 0.933 bits per heavy atom. The van der Waals surface area contributed by atoms with Gasteiger partial charge in [-0.25, -0.2) is 0 Å². The minimum Gasteiger partial charge on any atom is -0.258 e. The van der Waals surface area contributed by atoms with E-state index < -0.39 is 0 Å². The van der Waals surface area contributed by atoms with Crippen LogP contribution in [0.5, 0.6) is 0 Å². The van der Waals surface area contributed by atoms with Crippen molar-refractivity contribution in [1.82, 2.24) is 0 Å². The fraction of sp³-hybridized carbons (Fsp3) is 0. The molecule has 72 valence electrons. The molecular weight excluding hydrogens is 182 g/mol. The van der Waals surface area contributed by atoms with E-state index in [0.717, 1.165) is 10.4 Å². The molecular formula is C14H11N. The molecule has 15 heavy (non-hydrogen) atoms. The van der Waals surface area contributed by atoms with Crippen LogP contribution in [0.4, 0.5) is 0 Å². The van der Waals surface area contributed by atoms with Gasteiger partial charge in [-0.3, -0.25) is 5.41 Å². The molecule has 0 spiro atoms. The Morgan fingerprint density at radius 3 is 2.20 bits per heavy atom. The van der Waals surface area contributed by atoms with Gasteiger partial charge >= 0.3 is 0 Å². The maximum atomic E-state index is 6.96. The van der Waals surface area contributed by atoms with Crippen molar-refractivity contribution in [3.63, 3.8) is 0 Å². The zero-order valence-electron chi connectivity index (χ0n) is 8.27. The van der Waals surface area contributed by atoms with E-state index in [1.54, 1.807) is 0 Å². The van der Waals surface area contributed by atoms with Crippen LogP contribution in [0.3, 0.4) is 0 Å². The number of hydrogen-bond acceptors (Lipinski definition) is 1. The summed E-state index contributed by atoms with van der Waals surface area (Å²) in [7, 11) is 0. The molecule has 0 aromatic heterocycles. The van der Waals surface area contributed by atoms with Crippen molar-refractivity contribution in [2.75, 3.05) is 0 Å². The van der Waals surface area contributed by atoms with Gasteiger partial charge in [-0.05, 0) is 28.8 Å². The quantitative estimate of drug-likeness (QED) is 0.653. The number of benzene rings is 1. The van der Waals surface area contributed by atoms with Crippen molar-refractivity contribution in [3.05, 3.63) is 70.7 Å². The first kappa shape index (κ1) is 9.45. The molecule has 1 aromatic rings. The van der Waals surface area contributed by atoms with Crippen LogP contribution in [0.15, 0.2) is 60.2 Å². The van der Waals surface area contributed by atoms with E-state index in [2.05, 4.69) is 30.2 Å². The predicted molar refractivity (Wildman–Crippen MR) is 63.3 cm³/mol. The van der Waals surface area contributed by atoms with Crippen LogP contribution in [0.1, 0.15) is 0 Å². The van der Waals surface area contributed by atoms with Crippen LogP contribution in [0, 0.1) is 5.41 Å². The molecule has 0 heterocycles. The maximum Gasteiger partial charge on any atom is 0.0354 e. The summed E-state index contributed by atoms with van der Waals surface area (Å²) in [5, 5.41) is 8.90. The third-order valence-corrected chi connectivity index (χ3v) is 2.21. The molecule has 1 aliphatic rings. The standard InChI is InChI=1S/C14H11N/c15-11-14-9-7-13(8-10-14)6-5-12-3-1-2-4-12/h1-10,15H. The van der Waals surface area contributed by atoms with E-state index in [4.69, 9.17) is 5.41 Å². The second-order valence-electron chi connectivity index (χ2n) is 3.30. The Hall–Kier alpha value is -2.11. The van der Waals surface area contributed by atoms with Crippen LogP contribution < -0.4 is 10.4 Å². The van der Waals surface area contributed by atoms with Gasteiger partial charge in [0.15, 0.2) is 0 Å². The summed E-state index contributed by atoms with van der Waals surface area (Å²) in [5.41, 5.74) is 1.21. The van der Waals surface area contributed by atoms with Gasteiger partial charge in [-0.1, -0.05) is 48.6 Å². The lowest BCUT2D eigenvalue weighted by Crippen LogP contribution is -2.07. The summed E-state index contributed by atoms with van der Waals surface area (Å²) >= 11 is 0. The Bertz CT molecular complexity index is 545. The SMILES string of the molecule is N=C=c1ccc(=CC=C2C=CC=C2)cc1. The first-order chi connectivity index (χ1) is 7.38. The highest BCUT2D eigenvalue weighted by Gasteiger charge is 1.87. The summed E-state index contributed by atoms with van der Waals surface area (Å²) in [6.45, 7) is 0. The lowest BCUT2D eigenvalue weighted by atomic mass is 10.2. The molecule has 1 N–H and O–H groups in total. The van der Waals surface area contributed by atoms with Gasteiger partial charge in [0.1, 0.15) is 0 Å². The summed E-state index contributed by atoms with van der Waals surface area (Å²) < 4.78 is 0. The largest absolute Gasteiger partial charge is 0.258 e. The van der Waals surface area contributed by atoms with Crippen molar-refractivity contribution in [2.45, 2.75) is 0 Å². The van der Waals surface area contributed by atoms with Crippen molar-refractivity contribution < 1.29 is 0 Å². The maximum absolute atomic E-state index is 6.96. The van der Waals surface area contributed by atoms with Crippen molar-refractivity contribution >= 4 is 11.9 Å². The smallest absolute Gasteiger partial charge is 0.0354 e. The number of hydrogen-bond donors (Lipinski definition) is 1. The zero-order chi connectivity index (χ0) is 10.5. The van der Waals surface area contributed by atoms with E-state index in [0.29, 0.717) is 0 Å². The van der Waals surface area contributed by atoms with Crippen LogP contribution in [0.2, 0.25) is 0 Å². The average Bonchev–Trinajstić information content (AvgIpc) is 2.80. The van der Waals surface area contributed by atoms with Gasteiger partial charge in [0.05, 0.1) is 0 Å². The molecule has 2 rings (SSSR count). The first-order valence-electron chi connectivity index (χ1n) is 4.81. The molecule has 0 radical (unpaired) electrons. The molecule has 0 bridgehead atoms. The highest BCUT2D eigenvalue weighted by Crippen LogP contribution is 2.06. The minimum atomic E-state index is 0.806. The topological polar surface area (TPSA) is 23.9 Å². The van der Waals surface area contributed by atoms with E-state index in [1.165, 1.54) is 5.57 Å². The molecule has 0 saturated heterocycles. The summed E-state index contributed by atoms with van der Waals surface area (Å²) in [6, 6.07) is 7.74.